The van der Waals surface area contributed by atoms with E-state index in [1.807, 2.05) is 27.2 Å². The third-order valence-corrected chi connectivity index (χ3v) is 14.3. The van der Waals surface area contributed by atoms with Crippen molar-refractivity contribution in [3.63, 3.8) is 0 Å². The average molecular weight is 980 g/mol. The molecule has 0 radical (unpaired) electrons. The topological polar surface area (TPSA) is 108 Å². The first-order chi connectivity index (χ1) is 33.0. The second-order valence-corrected chi connectivity index (χ2v) is 22.8. The molecule has 402 valence electrons. The van der Waals surface area contributed by atoms with E-state index in [-0.39, 0.29) is 19.1 Å². The summed E-state index contributed by atoms with van der Waals surface area (Å²) in [4.78, 5) is 25.5. The van der Waals surface area contributed by atoms with Gasteiger partial charge in [-0.2, -0.15) is 0 Å². The molecule has 0 rings (SSSR count). The zero-order valence-electron chi connectivity index (χ0n) is 45.8. The van der Waals surface area contributed by atoms with Crippen LogP contribution in [0.3, 0.4) is 0 Å². The number of nitrogens with zero attached hydrogens (tertiary/aromatic N) is 1. The molecule has 0 aromatic heterocycles. The van der Waals surface area contributed by atoms with Gasteiger partial charge in [0.2, 0.25) is 5.91 Å². The van der Waals surface area contributed by atoms with Crippen LogP contribution in [0.25, 0.3) is 0 Å². The lowest BCUT2D eigenvalue weighted by atomic mass is 10.0. The Kier molecular flexibility index (Phi) is 49.7. The largest absolute Gasteiger partial charge is 0.756 e. The van der Waals surface area contributed by atoms with Crippen molar-refractivity contribution >= 4 is 13.7 Å². The summed E-state index contributed by atoms with van der Waals surface area (Å²) in [6.45, 7) is 4.68. The highest BCUT2D eigenvalue weighted by Gasteiger charge is 2.23. The van der Waals surface area contributed by atoms with Crippen LogP contribution in [0.2, 0.25) is 0 Å². The van der Waals surface area contributed by atoms with Gasteiger partial charge >= 0.3 is 0 Å². The first kappa shape index (κ1) is 66.7. The average Bonchev–Trinajstić information content (AvgIpc) is 3.30. The molecule has 0 saturated heterocycles. The van der Waals surface area contributed by atoms with E-state index >= 15 is 0 Å². The number of hydrogen-bond donors (Lipinski definition) is 2. The standard InChI is InChI=1S/C59H115N2O6P/c1-6-8-10-12-14-16-18-20-22-24-25-26-27-28-29-30-31-32-33-34-35-37-39-41-43-45-47-49-51-53-59(63)60-57(56-67-68(64,65)66-55-54-61(3,4)5)58(62)52-50-48-46-44-42-40-38-36-23-21-19-17-15-13-11-9-7-2/h25-26,28-29,50,52,57-58,62H,6-24,27,30-49,51,53-56H2,1-5H3,(H-,60,63,64,65)/b26-25-,29-28-,52-50+. The van der Waals surface area contributed by atoms with Crippen molar-refractivity contribution in [2.24, 2.45) is 0 Å². The van der Waals surface area contributed by atoms with Gasteiger partial charge in [-0.1, -0.05) is 262 Å². The number of quaternary nitrogens is 1. The maximum absolute atomic E-state index is 13.0. The summed E-state index contributed by atoms with van der Waals surface area (Å²) in [5.74, 6) is -0.195. The number of nitrogens with one attached hydrogen (secondary N) is 1. The van der Waals surface area contributed by atoms with Crippen LogP contribution in [0.15, 0.2) is 36.5 Å². The van der Waals surface area contributed by atoms with Gasteiger partial charge in [-0.15, -0.1) is 0 Å². The van der Waals surface area contributed by atoms with Gasteiger partial charge in [0.25, 0.3) is 7.82 Å². The van der Waals surface area contributed by atoms with Crippen molar-refractivity contribution in [2.45, 2.75) is 296 Å². The number of carbonyl (C=O) groups excluding carboxylic acids is 1. The van der Waals surface area contributed by atoms with E-state index < -0.39 is 20.0 Å². The van der Waals surface area contributed by atoms with Crippen LogP contribution in [0, 0.1) is 0 Å². The summed E-state index contributed by atoms with van der Waals surface area (Å²) in [5, 5.41) is 13.9. The molecule has 3 unspecified atom stereocenters. The second-order valence-electron chi connectivity index (χ2n) is 21.4. The molecular formula is C59H115N2O6P. The minimum atomic E-state index is -4.59. The van der Waals surface area contributed by atoms with Gasteiger partial charge in [0.15, 0.2) is 0 Å². The molecule has 0 saturated carbocycles. The fraction of sp³-hybridized carbons (Fsp3) is 0.881. The Morgan fingerprint density at radius 1 is 0.515 bits per heavy atom. The van der Waals surface area contributed by atoms with E-state index in [2.05, 4.69) is 43.5 Å². The summed E-state index contributed by atoms with van der Waals surface area (Å²) in [7, 11) is 1.27. The van der Waals surface area contributed by atoms with Crippen LogP contribution in [-0.2, 0) is 18.4 Å². The van der Waals surface area contributed by atoms with Crippen LogP contribution < -0.4 is 10.2 Å². The Morgan fingerprint density at radius 3 is 1.22 bits per heavy atom. The second kappa shape index (κ2) is 50.7. The Balaban J connectivity index is 4.13. The Morgan fingerprint density at radius 2 is 0.853 bits per heavy atom. The summed E-state index contributed by atoms with van der Waals surface area (Å²) < 4.78 is 23.3. The van der Waals surface area contributed by atoms with Crippen molar-refractivity contribution in [3.05, 3.63) is 36.5 Å². The number of aliphatic hydroxyl groups excluding tert-OH is 1. The maximum Gasteiger partial charge on any atom is 0.268 e. The predicted octanol–water partition coefficient (Wildman–Crippen LogP) is 17.1. The molecule has 0 aromatic rings. The van der Waals surface area contributed by atoms with Gasteiger partial charge < -0.3 is 28.8 Å². The minimum Gasteiger partial charge on any atom is -0.756 e. The highest BCUT2D eigenvalue weighted by atomic mass is 31.2. The molecule has 0 aliphatic carbocycles. The molecule has 3 atom stereocenters. The zero-order valence-corrected chi connectivity index (χ0v) is 46.7. The van der Waals surface area contributed by atoms with E-state index in [0.29, 0.717) is 17.4 Å². The van der Waals surface area contributed by atoms with Crippen LogP contribution >= 0.6 is 7.82 Å². The lowest BCUT2D eigenvalue weighted by molar-refractivity contribution is -0.870. The molecule has 0 heterocycles. The third-order valence-electron chi connectivity index (χ3n) is 13.3. The normalized spacial score (nSPS) is 14.2. The highest BCUT2D eigenvalue weighted by molar-refractivity contribution is 7.45. The van der Waals surface area contributed by atoms with Crippen LogP contribution in [-0.4, -0.2) is 68.5 Å². The van der Waals surface area contributed by atoms with E-state index in [1.54, 1.807) is 6.08 Å². The molecule has 0 bridgehead atoms. The third kappa shape index (κ3) is 52.5. The lowest BCUT2D eigenvalue weighted by Gasteiger charge is -2.29. The Bertz CT molecular complexity index is 1200. The molecule has 0 aliphatic rings. The molecule has 8 nitrogen and oxygen atoms in total. The number of phosphoric acid groups is 1. The van der Waals surface area contributed by atoms with Crippen LogP contribution in [0.5, 0.6) is 0 Å². The molecule has 9 heteroatoms. The van der Waals surface area contributed by atoms with Gasteiger partial charge in [0.05, 0.1) is 39.9 Å². The number of amides is 1. The number of hydrogen-bond acceptors (Lipinski definition) is 6. The Labute approximate surface area is 423 Å². The van der Waals surface area contributed by atoms with Gasteiger partial charge in [0, 0.05) is 6.42 Å². The minimum absolute atomic E-state index is 0.000330. The summed E-state index contributed by atoms with van der Waals surface area (Å²) >= 11 is 0. The molecule has 1 amide bonds. The van der Waals surface area contributed by atoms with E-state index in [9.17, 15) is 19.4 Å². The first-order valence-electron chi connectivity index (χ1n) is 29.4. The molecule has 0 spiro atoms. The van der Waals surface area contributed by atoms with Crippen molar-refractivity contribution in [1.82, 2.24) is 5.32 Å². The van der Waals surface area contributed by atoms with Crippen molar-refractivity contribution < 1.29 is 32.9 Å². The number of carbonyl (C=O) groups is 1. The van der Waals surface area contributed by atoms with Gasteiger partial charge in [-0.25, -0.2) is 0 Å². The molecule has 0 fully saturated rings. The number of phosphoric ester groups is 1. The van der Waals surface area contributed by atoms with Crippen LogP contribution in [0.1, 0.15) is 284 Å². The molecule has 2 N–H and O–H groups in total. The van der Waals surface area contributed by atoms with Gasteiger partial charge in [0.1, 0.15) is 13.2 Å². The van der Waals surface area contributed by atoms with Gasteiger partial charge in [-0.3, -0.25) is 9.36 Å². The number of unbranched alkanes of at least 4 members (excludes halogenated alkanes) is 37. The predicted molar refractivity (Wildman–Crippen MR) is 293 cm³/mol. The van der Waals surface area contributed by atoms with Gasteiger partial charge in [-0.05, 0) is 51.4 Å². The fourth-order valence-electron chi connectivity index (χ4n) is 8.72. The smallest absolute Gasteiger partial charge is 0.268 e. The molecular weight excluding hydrogens is 864 g/mol. The van der Waals surface area contributed by atoms with Crippen molar-refractivity contribution in [1.29, 1.82) is 0 Å². The van der Waals surface area contributed by atoms with Crippen molar-refractivity contribution in [2.75, 3.05) is 40.9 Å². The van der Waals surface area contributed by atoms with E-state index in [4.69, 9.17) is 9.05 Å². The van der Waals surface area contributed by atoms with E-state index in [1.165, 1.54) is 218 Å². The quantitative estimate of drug-likeness (QED) is 0.0272. The fourth-order valence-corrected chi connectivity index (χ4v) is 9.44. The summed E-state index contributed by atoms with van der Waals surface area (Å²) in [6, 6.07) is -0.886. The monoisotopic (exact) mass is 979 g/mol. The lowest BCUT2D eigenvalue weighted by Crippen LogP contribution is -2.45. The first-order valence-corrected chi connectivity index (χ1v) is 30.8. The zero-order chi connectivity index (χ0) is 49.9. The number of allylic oxidation sites excluding steroid dienone is 5. The van der Waals surface area contributed by atoms with Crippen molar-refractivity contribution in [3.8, 4) is 0 Å². The summed E-state index contributed by atoms with van der Waals surface area (Å²) in [6.07, 6.45) is 65.1. The number of aliphatic hydroxyl groups is 1. The molecule has 68 heavy (non-hydrogen) atoms. The molecule has 0 aliphatic heterocycles. The van der Waals surface area contributed by atoms with Crippen LogP contribution in [0.4, 0.5) is 0 Å². The summed E-state index contributed by atoms with van der Waals surface area (Å²) in [5.41, 5.74) is 0. The maximum atomic E-state index is 13.0. The Hall–Kier alpha value is -1.28. The SMILES string of the molecule is CCCCCCCCCCC/C=C\C/C=C\CCCCCCCCCCCCCCCC(=O)NC(COP(=O)([O-])OCC[N+](C)(C)C)C(O)/C=C/CCCCCCCCCCCCCCCCC. The molecule has 0 aromatic carbocycles. The highest BCUT2D eigenvalue weighted by Crippen LogP contribution is 2.38. The number of rotatable bonds is 54. The number of likely N-dealkylation sites (N-methyl/N-ethyl adjacent to an activating group) is 1. The van der Waals surface area contributed by atoms with E-state index in [0.717, 1.165) is 44.9 Å².